The van der Waals surface area contributed by atoms with E-state index in [1.807, 2.05) is 6.07 Å². The molecule has 5 heteroatoms. The van der Waals surface area contributed by atoms with Crippen LogP contribution < -0.4 is 5.73 Å². The minimum atomic E-state index is -4.69. The maximum absolute atomic E-state index is 13.0. The summed E-state index contributed by atoms with van der Waals surface area (Å²) in [4.78, 5) is 11.2. The molecule has 1 aliphatic carbocycles. The third kappa shape index (κ3) is 2.28. The van der Waals surface area contributed by atoms with E-state index in [1.54, 1.807) is 24.3 Å². The highest BCUT2D eigenvalue weighted by atomic mass is 19.4. The molecule has 2 N–H and O–H groups in total. The van der Waals surface area contributed by atoms with E-state index in [9.17, 15) is 18.0 Å². The Bertz CT molecular complexity index is 546. The van der Waals surface area contributed by atoms with Crippen molar-refractivity contribution in [2.45, 2.75) is 12.6 Å². The van der Waals surface area contributed by atoms with Crippen molar-refractivity contribution in [3.63, 3.8) is 0 Å². The van der Waals surface area contributed by atoms with Crippen LogP contribution in [-0.2, 0) is 4.79 Å². The lowest BCUT2D eigenvalue weighted by atomic mass is 9.77. The maximum Gasteiger partial charge on any atom is 0.406 e. The Labute approximate surface area is 108 Å². The lowest BCUT2D eigenvalue weighted by Gasteiger charge is -2.31. The average molecular weight is 267 g/mol. The number of allylic oxidation sites excluding steroid dienone is 3. The first kappa shape index (κ1) is 13.4. The van der Waals surface area contributed by atoms with E-state index >= 15 is 0 Å². The van der Waals surface area contributed by atoms with E-state index in [0.717, 1.165) is 11.6 Å². The van der Waals surface area contributed by atoms with Crippen molar-refractivity contribution >= 4 is 11.5 Å². The van der Waals surface area contributed by atoms with Crippen LogP contribution >= 0.6 is 0 Å². The summed E-state index contributed by atoms with van der Waals surface area (Å²) < 4.78 is 39.0. The largest absolute Gasteiger partial charge is 0.406 e. The molecule has 0 heterocycles. The molecular weight excluding hydrogens is 255 g/mol. The number of rotatable bonds is 2. The molecule has 0 aromatic heterocycles. The lowest BCUT2D eigenvalue weighted by Crippen LogP contribution is -2.47. The van der Waals surface area contributed by atoms with Crippen molar-refractivity contribution in [2.75, 3.05) is 0 Å². The second-order valence-corrected chi connectivity index (χ2v) is 4.40. The molecule has 0 fully saturated rings. The Balaban J connectivity index is 2.34. The number of carbonyl (C=O) groups excluding carboxylic acids is 1. The van der Waals surface area contributed by atoms with E-state index in [2.05, 4.69) is 0 Å². The van der Waals surface area contributed by atoms with Crippen LogP contribution in [0.4, 0.5) is 13.2 Å². The van der Waals surface area contributed by atoms with Gasteiger partial charge in [0, 0.05) is 0 Å². The zero-order valence-electron chi connectivity index (χ0n) is 9.95. The van der Waals surface area contributed by atoms with Crippen LogP contribution in [-0.4, -0.2) is 12.1 Å². The predicted molar refractivity (Wildman–Crippen MR) is 65.9 cm³/mol. The highest BCUT2D eigenvalue weighted by molar-refractivity contribution is 5.87. The van der Waals surface area contributed by atoms with Gasteiger partial charge in [0.2, 0.25) is 5.91 Å². The first-order valence-electron chi connectivity index (χ1n) is 5.68. The molecule has 2 nitrogen and oxygen atoms in total. The molecule has 0 bridgehead atoms. The van der Waals surface area contributed by atoms with Crippen LogP contribution in [0.1, 0.15) is 12.0 Å². The Kier molecular flexibility index (Phi) is 3.22. The van der Waals surface area contributed by atoms with Gasteiger partial charge in [-0.3, -0.25) is 4.79 Å². The van der Waals surface area contributed by atoms with Crippen molar-refractivity contribution < 1.29 is 18.0 Å². The van der Waals surface area contributed by atoms with Gasteiger partial charge in [-0.1, -0.05) is 48.6 Å². The molecular formula is C14H12F3NO. The number of alkyl halides is 3. The van der Waals surface area contributed by atoms with Gasteiger partial charge in [0.05, 0.1) is 0 Å². The van der Waals surface area contributed by atoms with Crippen LogP contribution in [0.25, 0.3) is 5.57 Å². The predicted octanol–water partition coefficient (Wildman–Crippen LogP) is 3.06. The molecule has 0 saturated carbocycles. The van der Waals surface area contributed by atoms with Crippen LogP contribution in [0, 0.1) is 5.41 Å². The van der Waals surface area contributed by atoms with Gasteiger partial charge in [-0.25, -0.2) is 0 Å². The number of primary amides is 1. The molecule has 1 unspecified atom stereocenters. The summed E-state index contributed by atoms with van der Waals surface area (Å²) in [6, 6.07) is 9.00. The van der Waals surface area contributed by atoms with E-state index < -0.39 is 23.9 Å². The van der Waals surface area contributed by atoms with Gasteiger partial charge in [0.1, 0.15) is 0 Å². The highest BCUT2D eigenvalue weighted by Crippen LogP contribution is 2.45. The molecule has 1 aromatic rings. The van der Waals surface area contributed by atoms with Gasteiger partial charge < -0.3 is 5.73 Å². The summed E-state index contributed by atoms with van der Waals surface area (Å²) in [5.41, 5.74) is 3.80. The maximum atomic E-state index is 13.0. The third-order valence-corrected chi connectivity index (χ3v) is 3.24. The van der Waals surface area contributed by atoms with Crippen LogP contribution in [0.2, 0.25) is 0 Å². The highest BCUT2D eigenvalue weighted by Gasteiger charge is 2.57. The number of halogens is 3. The summed E-state index contributed by atoms with van der Waals surface area (Å²) in [5.74, 6) is -1.38. The van der Waals surface area contributed by atoms with Crippen molar-refractivity contribution in [1.82, 2.24) is 0 Å². The SMILES string of the molecule is NC(=O)C1(C(F)(F)F)C=CC(c2ccccc2)=CC1. The lowest BCUT2D eigenvalue weighted by molar-refractivity contribution is -0.204. The number of hydrogen-bond donors (Lipinski definition) is 1. The fourth-order valence-electron chi connectivity index (χ4n) is 2.02. The van der Waals surface area contributed by atoms with Gasteiger partial charge >= 0.3 is 6.18 Å². The fourth-order valence-corrected chi connectivity index (χ4v) is 2.02. The standard InChI is InChI=1S/C14H12F3NO/c15-14(16,17)13(12(18)19)8-6-11(7-9-13)10-4-2-1-3-5-10/h1-8H,9H2,(H2,18,19). The van der Waals surface area contributed by atoms with Crippen LogP contribution in [0.3, 0.4) is 0 Å². The van der Waals surface area contributed by atoms with E-state index in [1.165, 1.54) is 12.2 Å². The Morgan fingerprint density at radius 1 is 1.21 bits per heavy atom. The second kappa shape index (κ2) is 4.57. The van der Waals surface area contributed by atoms with E-state index in [-0.39, 0.29) is 0 Å². The summed E-state index contributed by atoms with van der Waals surface area (Å²) in [6.07, 6.45) is -1.59. The molecule has 1 atom stereocenters. The minimum Gasteiger partial charge on any atom is -0.369 e. The Hall–Kier alpha value is -2.04. The second-order valence-electron chi connectivity index (χ2n) is 4.40. The molecule has 1 aromatic carbocycles. The van der Waals surface area contributed by atoms with Gasteiger partial charge in [0.15, 0.2) is 5.41 Å². The average Bonchev–Trinajstić information content (AvgIpc) is 2.38. The van der Waals surface area contributed by atoms with Gasteiger partial charge in [-0.05, 0) is 17.6 Å². The molecule has 2 rings (SSSR count). The third-order valence-electron chi connectivity index (χ3n) is 3.24. The normalized spacial score (nSPS) is 23.0. The molecule has 1 amide bonds. The minimum absolute atomic E-state index is 0.466. The number of nitrogens with two attached hydrogens (primary N) is 1. The summed E-state index contributed by atoms with van der Waals surface area (Å²) in [7, 11) is 0. The van der Waals surface area contributed by atoms with Gasteiger partial charge in [-0.2, -0.15) is 13.2 Å². The van der Waals surface area contributed by atoms with Crippen LogP contribution in [0.5, 0.6) is 0 Å². The monoisotopic (exact) mass is 267 g/mol. The molecule has 0 radical (unpaired) electrons. The van der Waals surface area contributed by atoms with Crippen LogP contribution in [0.15, 0.2) is 48.6 Å². The quantitative estimate of drug-likeness (QED) is 0.879. The van der Waals surface area contributed by atoms with E-state index in [4.69, 9.17) is 5.73 Å². The number of hydrogen-bond acceptors (Lipinski definition) is 1. The van der Waals surface area contributed by atoms with E-state index in [0.29, 0.717) is 5.57 Å². The molecule has 0 aliphatic heterocycles. The number of carbonyl (C=O) groups is 1. The zero-order valence-corrected chi connectivity index (χ0v) is 9.95. The first-order valence-corrected chi connectivity index (χ1v) is 5.68. The zero-order chi connectivity index (χ0) is 14.1. The van der Waals surface area contributed by atoms with Crippen molar-refractivity contribution in [3.05, 3.63) is 54.1 Å². The molecule has 1 aliphatic rings. The summed E-state index contributed by atoms with van der Waals surface area (Å²) in [6.45, 7) is 0. The smallest absolute Gasteiger partial charge is 0.369 e. The van der Waals surface area contributed by atoms with Crippen molar-refractivity contribution in [3.8, 4) is 0 Å². The molecule has 0 saturated heterocycles. The summed E-state index contributed by atoms with van der Waals surface area (Å²) >= 11 is 0. The van der Waals surface area contributed by atoms with Crippen molar-refractivity contribution in [1.29, 1.82) is 0 Å². The Morgan fingerprint density at radius 2 is 1.84 bits per heavy atom. The number of benzene rings is 1. The topological polar surface area (TPSA) is 43.1 Å². The fraction of sp³-hybridized carbons (Fsp3) is 0.214. The number of amides is 1. The molecule has 100 valence electrons. The first-order chi connectivity index (χ1) is 8.87. The Morgan fingerprint density at radius 3 is 2.26 bits per heavy atom. The van der Waals surface area contributed by atoms with Gasteiger partial charge in [0.25, 0.3) is 0 Å². The van der Waals surface area contributed by atoms with Crippen molar-refractivity contribution in [2.24, 2.45) is 11.1 Å². The molecule has 0 spiro atoms. The van der Waals surface area contributed by atoms with Gasteiger partial charge in [-0.15, -0.1) is 0 Å². The molecule has 19 heavy (non-hydrogen) atoms. The summed E-state index contributed by atoms with van der Waals surface area (Å²) in [5, 5.41) is 0.